The number of halogens is 3. The Labute approximate surface area is 97.7 Å². The molecule has 0 N–H and O–H groups in total. The van der Waals surface area contributed by atoms with E-state index in [1.807, 2.05) is 0 Å². The van der Waals surface area contributed by atoms with Gasteiger partial charge in [-0.2, -0.15) is 0 Å². The number of rotatable bonds is 2. The van der Waals surface area contributed by atoms with E-state index < -0.39 is 11.8 Å². The van der Waals surface area contributed by atoms with E-state index in [4.69, 9.17) is 0 Å². The van der Waals surface area contributed by atoms with E-state index in [1.165, 1.54) is 19.2 Å². The lowest BCUT2D eigenvalue weighted by molar-refractivity contribution is 0.0595. The van der Waals surface area contributed by atoms with Gasteiger partial charge in [-0.1, -0.05) is 37.9 Å². The molecule has 0 bridgehead atoms. The van der Waals surface area contributed by atoms with Crippen LogP contribution in [0.4, 0.5) is 4.39 Å². The van der Waals surface area contributed by atoms with Crippen LogP contribution < -0.4 is 0 Å². The number of methoxy groups -OCH3 is 1. The SMILES string of the molecule is COC(=O)c1ccc(C(Br)Br)cc1F. The fraction of sp³-hybridized carbons (Fsp3) is 0.222. The number of alkyl halides is 2. The number of carbonyl (C=O) groups is 1. The lowest BCUT2D eigenvalue weighted by atomic mass is 10.1. The van der Waals surface area contributed by atoms with E-state index in [1.54, 1.807) is 6.07 Å². The van der Waals surface area contributed by atoms with Crippen LogP contribution in [0, 0.1) is 5.82 Å². The normalized spacial score (nSPS) is 10.4. The molecule has 76 valence electrons. The Kier molecular flexibility index (Phi) is 4.07. The molecule has 0 aliphatic heterocycles. The molecule has 0 heterocycles. The first-order valence-electron chi connectivity index (χ1n) is 3.72. The van der Waals surface area contributed by atoms with Crippen LogP contribution in [-0.4, -0.2) is 13.1 Å². The van der Waals surface area contributed by atoms with Crippen molar-refractivity contribution in [2.75, 3.05) is 7.11 Å². The standard InChI is InChI=1S/C9H7Br2FO2/c1-14-9(13)6-3-2-5(8(10)11)4-7(6)12/h2-4,8H,1H3. The molecule has 1 aromatic rings. The van der Waals surface area contributed by atoms with Crippen molar-refractivity contribution in [1.29, 1.82) is 0 Å². The molecule has 0 saturated heterocycles. The molecule has 0 aromatic heterocycles. The predicted molar refractivity (Wildman–Crippen MR) is 58.3 cm³/mol. The van der Waals surface area contributed by atoms with Gasteiger partial charge in [-0.25, -0.2) is 9.18 Å². The molecule has 0 unspecified atom stereocenters. The topological polar surface area (TPSA) is 26.3 Å². The number of hydrogen-bond acceptors (Lipinski definition) is 2. The molecule has 0 aliphatic carbocycles. The van der Waals surface area contributed by atoms with Gasteiger partial charge in [0.2, 0.25) is 0 Å². The van der Waals surface area contributed by atoms with Crippen molar-refractivity contribution in [2.45, 2.75) is 3.74 Å². The number of esters is 1. The summed E-state index contributed by atoms with van der Waals surface area (Å²) in [5.74, 6) is -1.26. The van der Waals surface area contributed by atoms with Crippen molar-refractivity contribution >= 4 is 37.8 Å². The Hall–Kier alpha value is -0.420. The lowest BCUT2D eigenvalue weighted by Crippen LogP contribution is -2.04. The molecule has 0 fully saturated rings. The summed E-state index contributed by atoms with van der Waals surface area (Å²) in [5.41, 5.74) is 0.645. The van der Waals surface area contributed by atoms with Crippen LogP contribution in [0.25, 0.3) is 0 Å². The first-order valence-corrected chi connectivity index (χ1v) is 5.55. The van der Waals surface area contributed by atoms with Crippen LogP contribution in [-0.2, 0) is 4.74 Å². The number of hydrogen-bond donors (Lipinski definition) is 0. The summed E-state index contributed by atoms with van der Waals surface area (Å²) in [7, 11) is 1.22. The minimum absolute atomic E-state index is 0.0584. The van der Waals surface area contributed by atoms with Crippen molar-refractivity contribution in [3.8, 4) is 0 Å². The van der Waals surface area contributed by atoms with Gasteiger partial charge in [-0.05, 0) is 17.7 Å². The van der Waals surface area contributed by atoms with Crippen molar-refractivity contribution in [3.05, 3.63) is 35.1 Å². The molecule has 1 rings (SSSR count). The molecule has 0 atom stereocenters. The molecule has 0 aliphatic rings. The summed E-state index contributed by atoms with van der Waals surface area (Å²) in [5, 5.41) is 0. The van der Waals surface area contributed by atoms with Gasteiger partial charge in [-0.15, -0.1) is 0 Å². The summed E-state index contributed by atoms with van der Waals surface area (Å²) in [6.45, 7) is 0. The van der Waals surface area contributed by atoms with Gasteiger partial charge < -0.3 is 4.74 Å². The maximum atomic E-state index is 13.3. The summed E-state index contributed by atoms with van der Waals surface area (Å²) >= 11 is 6.46. The highest BCUT2D eigenvalue weighted by atomic mass is 79.9. The third-order valence-corrected chi connectivity index (χ3v) is 2.71. The van der Waals surface area contributed by atoms with Gasteiger partial charge >= 0.3 is 5.97 Å². The summed E-state index contributed by atoms with van der Waals surface area (Å²) < 4.78 is 17.6. The zero-order chi connectivity index (χ0) is 10.7. The van der Waals surface area contributed by atoms with E-state index in [2.05, 4.69) is 36.6 Å². The van der Waals surface area contributed by atoms with Gasteiger partial charge in [0.25, 0.3) is 0 Å². The molecule has 0 radical (unpaired) electrons. The Balaban J connectivity index is 3.07. The van der Waals surface area contributed by atoms with Crippen molar-refractivity contribution < 1.29 is 13.9 Å². The van der Waals surface area contributed by atoms with Gasteiger partial charge in [0.1, 0.15) is 5.82 Å². The number of ether oxygens (including phenoxy) is 1. The molecule has 0 spiro atoms. The molecular formula is C9H7Br2FO2. The first-order chi connectivity index (χ1) is 6.56. The van der Waals surface area contributed by atoms with Crippen LogP contribution in [0.5, 0.6) is 0 Å². The Bertz CT molecular complexity index is 353. The molecule has 1 aromatic carbocycles. The molecule has 0 amide bonds. The average molecular weight is 326 g/mol. The highest BCUT2D eigenvalue weighted by Gasteiger charge is 2.13. The second-order valence-corrected chi connectivity index (χ2v) is 5.59. The van der Waals surface area contributed by atoms with E-state index >= 15 is 0 Å². The highest BCUT2D eigenvalue weighted by molar-refractivity contribution is 9.24. The largest absolute Gasteiger partial charge is 0.465 e. The second kappa shape index (κ2) is 4.89. The molecule has 14 heavy (non-hydrogen) atoms. The minimum Gasteiger partial charge on any atom is -0.465 e. The highest BCUT2D eigenvalue weighted by Crippen LogP contribution is 2.30. The Morgan fingerprint density at radius 1 is 1.50 bits per heavy atom. The maximum Gasteiger partial charge on any atom is 0.340 e. The quantitative estimate of drug-likeness (QED) is 0.615. The van der Waals surface area contributed by atoms with E-state index in [-0.39, 0.29) is 9.30 Å². The van der Waals surface area contributed by atoms with Crippen LogP contribution in [0.1, 0.15) is 19.7 Å². The first kappa shape index (κ1) is 11.7. The van der Waals surface area contributed by atoms with Gasteiger partial charge in [0.05, 0.1) is 16.4 Å². The molecule has 2 nitrogen and oxygen atoms in total. The average Bonchev–Trinajstić information content (AvgIpc) is 2.16. The third-order valence-electron chi connectivity index (χ3n) is 1.65. The fourth-order valence-corrected chi connectivity index (χ4v) is 1.51. The summed E-state index contributed by atoms with van der Waals surface area (Å²) in [6, 6.07) is 4.32. The minimum atomic E-state index is -0.672. The predicted octanol–water partition coefficient (Wildman–Crippen LogP) is 3.40. The second-order valence-electron chi connectivity index (χ2n) is 2.53. The van der Waals surface area contributed by atoms with Crippen molar-refractivity contribution in [3.63, 3.8) is 0 Å². The van der Waals surface area contributed by atoms with Gasteiger partial charge in [-0.3, -0.25) is 0 Å². The Morgan fingerprint density at radius 2 is 2.14 bits per heavy atom. The van der Waals surface area contributed by atoms with Crippen LogP contribution in [0.2, 0.25) is 0 Å². The van der Waals surface area contributed by atoms with Crippen molar-refractivity contribution in [1.82, 2.24) is 0 Å². The molecule has 0 saturated carbocycles. The lowest BCUT2D eigenvalue weighted by Gasteiger charge is -2.05. The Morgan fingerprint density at radius 3 is 2.57 bits per heavy atom. The zero-order valence-electron chi connectivity index (χ0n) is 7.26. The fourth-order valence-electron chi connectivity index (χ4n) is 0.943. The maximum absolute atomic E-state index is 13.3. The van der Waals surface area contributed by atoms with Crippen LogP contribution in [0.15, 0.2) is 18.2 Å². The van der Waals surface area contributed by atoms with Crippen LogP contribution >= 0.6 is 31.9 Å². The van der Waals surface area contributed by atoms with Crippen LogP contribution in [0.3, 0.4) is 0 Å². The molecule has 5 heteroatoms. The van der Waals surface area contributed by atoms with E-state index in [0.717, 1.165) is 0 Å². The molecular weight excluding hydrogens is 319 g/mol. The monoisotopic (exact) mass is 324 g/mol. The summed E-state index contributed by atoms with van der Waals surface area (Å²) in [6.07, 6.45) is 0. The van der Waals surface area contributed by atoms with Gasteiger partial charge in [0.15, 0.2) is 0 Å². The van der Waals surface area contributed by atoms with Gasteiger partial charge in [0, 0.05) is 0 Å². The smallest absolute Gasteiger partial charge is 0.340 e. The third kappa shape index (κ3) is 2.54. The number of benzene rings is 1. The zero-order valence-corrected chi connectivity index (χ0v) is 10.4. The number of carbonyl (C=O) groups excluding carboxylic acids is 1. The van der Waals surface area contributed by atoms with E-state index in [0.29, 0.717) is 5.56 Å². The van der Waals surface area contributed by atoms with Crippen molar-refractivity contribution in [2.24, 2.45) is 0 Å². The summed E-state index contributed by atoms with van der Waals surface area (Å²) in [4.78, 5) is 11.0. The van der Waals surface area contributed by atoms with E-state index in [9.17, 15) is 9.18 Å².